The molecule has 24 heavy (non-hydrogen) atoms. The van der Waals surface area contributed by atoms with Gasteiger partial charge in [0.25, 0.3) is 10.1 Å². The van der Waals surface area contributed by atoms with E-state index in [1.807, 2.05) is 12.1 Å². The lowest BCUT2D eigenvalue weighted by Crippen LogP contribution is -2.46. The third-order valence-corrected chi connectivity index (χ3v) is 4.79. The number of rotatable bonds is 8. The second-order valence-electron chi connectivity index (χ2n) is 6.24. The molecule has 0 radical (unpaired) electrons. The van der Waals surface area contributed by atoms with E-state index in [4.69, 9.17) is 8.92 Å². The molecule has 1 N–H and O–H groups in total. The number of hydrogen-bond donors (Lipinski definition) is 1. The topological polar surface area (TPSA) is 89.9 Å². The minimum absolute atomic E-state index is 0.152. The molecule has 1 aliphatic carbocycles. The van der Waals surface area contributed by atoms with E-state index in [0.717, 1.165) is 31.1 Å². The number of carboxylic acids is 1. The molecule has 0 aliphatic heterocycles. The maximum Gasteiger partial charge on any atom is 0.348 e. The van der Waals surface area contributed by atoms with Gasteiger partial charge in [-0.05, 0) is 56.2 Å². The summed E-state index contributed by atoms with van der Waals surface area (Å²) in [5.74, 6) is -0.348. The van der Waals surface area contributed by atoms with Crippen molar-refractivity contribution in [3.63, 3.8) is 0 Å². The van der Waals surface area contributed by atoms with Crippen molar-refractivity contribution < 1.29 is 27.2 Å². The number of benzene rings is 1. The first-order chi connectivity index (χ1) is 11.3. The summed E-state index contributed by atoms with van der Waals surface area (Å²) in [6.45, 7) is 0.152. The van der Waals surface area contributed by atoms with E-state index in [2.05, 4.69) is 0 Å². The van der Waals surface area contributed by atoms with Gasteiger partial charge in [-0.25, -0.2) is 4.79 Å². The first kappa shape index (κ1) is 18.7. The van der Waals surface area contributed by atoms with Crippen molar-refractivity contribution in [1.82, 2.24) is 0 Å². The van der Waals surface area contributed by atoms with Gasteiger partial charge in [0.15, 0.2) is 0 Å². The van der Waals surface area contributed by atoms with Gasteiger partial charge in [0.05, 0.1) is 12.9 Å². The SMILES string of the molecule is CS(=O)(=O)OCCCc1ccc(OC2(C(=O)O)CCCCC2)cc1. The highest BCUT2D eigenvalue weighted by Crippen LogP contribution is 2.33. The van der Waals surface area contributed by atoms with Crippen LogP contribution in [-0.2, 0) is 25.5 Å². The molecular formula is C17H24O6S. The normalized spacial score (nSPS) is 17.4. The lowest BCUT2D eigenvalue weighted by molar-refractivity contribution is -0.158. The van der Waals surface area contributed by atoms with Crippen molar-refractivity contribution in [1.29, 1.82) is 0 Å². The average molecular weight is 356 g/mol. The molecule has 2 rings (SSSR count). The Morgan fingerprint density at radius 1 is 1.17 bits per heavy atom. The first-order valence-corrected chi connectivity index (χ1v) is 9.98. The molecule has 1 fully saturated rings. The van der Waals surface area contributed by atoms with Gasteiger partial charge in [-0.15, -0.1) is 0 Å². The molecule has 1 aromatic carbocycles. The van der Waals surface area contributed by atoms with Gasteiger partial charge < -0.3 is 9.84 Å². The van der Waals surface area contributed by atoms with E-state index in [1.165, 1.54) is 0 Å². The summed E-state index contributed by atoms with van der Waals surface area (Å²) < 4.78 is 32.3. The molecule has 1 saturated carbocycles. The van der Waals surface area contributed by atoms with Crippen LogP contribution in [0, 0.1) is 0 Å². The van der Waals surface area contributed by atoms with Crippen LogP contribution in [0.25, 0.3) is 0 Å². The summed E-state index contributed by atoms with van der Waals surface area (Å²) >= 11 is 0. The lowest BCUT2D eigenvalue weighted by Gasteiger charge is -2.33. The van der Waals surface area contributed by atoms with E-state index in [1.54, 1.807) is 12.1 Å². The van der Waals surface area contributed by atoms with Crippen LogP contribution in [0.5, 0.6) is 5.75 Å². The molecule has 0 spiro atoms. The van der Waals surface area contributed by atoms with Crippen LogP contribution < -0.4 is 4.74 Å². The van der Waals surface area contributed by atoms with Crippen molar-refractivity contribution in [2.75, 3.05) is 12.9 Å². The van der Waals surface area contributed by atoms with E-state index >= 15 is 0 Å². The second kappa shape index (κ2) is 7.98. The smallest absolute Gasteiger partial charge is 0.348 e. The molecule has 0 unspecified atom stereocenters. The highest BCUT2D eigenvalue weighted by Gasteiger charge is 2.42. The summed E-state index contributed by atoms with van der Waals surface area (Å²) in [7, 11) is -3.39. The molecular weight excluding hydrogens is 332 g/mol. The predicted octanol–water partition coefficient (Wildman–Crippen LogP) is 2.76. The molecule has 134 valence electrons. The van der Waals surface area contributed by atoms with Crippen molar-refractivity contribution in [2.24, 2.45) is 0 Å². The van der Waals surface area contributed by atoms with Crippen LogP contribution in [0.3, 0.4) is 0 Å². The van der Waals surface area contributed by atoms with E-state index in [-0.39, 0.29) is 6.61 Å². The fraction of sp³-hybridized carbons (Fsp3) is 0.588. The zero-order valence-electron chi connectivity index (χ0n) is 13.9. The highest BCUT2D eigenvalue weighted by atomic mass is 32.2. The molecule has 0 bridgehead atoms. The van der Waals surface area contributed by atoms with Crippen molar-refractivity contribution in [2.45, 2.75) is 50.5 Å². The minimum Gasteiger partial charge on any atom is -0.478 e. The summed E-state index contributed by atoms with van der Waals surface area (Å²) in [4.78, 5) is 11.6. The number of ether oxygens (including phenoxy) is 1. The summed E-state index contributed by atoms with van der Waals surface area (Å²) in [5.41, 5.74) is -0.0872. The van der Waals surface area contributed by atoms with Gasteiger partial charge >= 0.3 is 5.97 Å². The van der Waals surface area contributed by atoms with E-state index < -0.39 is 21.7 Å². The number of hydrogen-bond acceptors (Lipinski definition) is 5. The quantitative estimate of drug-likeness (QED) is 0.569. The van der Waals surface area contributed by atoms with E-state index in [9.17, 15) is 18.3 Å². The van der Waals surface area contributed by atoms with Crippen molar-refractivity contribution in [3.8, 4) is 5.75 Å². The molecule has 6 nitrogen and oxygen atoms in total. The second-order valence-corrected chi connectivity index (χ2v) is 7.88. The molecule has 7 heteroatoms. The number of aryl methyl sites for hydroxylation is 1. The highest BCUT2D eigenvalue weighted by molar-refractivity contribution is 7.85. The summed E-state index contributed by atoms with van der Waals surface area (Å²) in [6.07, 6.45) is 6.15. The monoisotopic (exact) mass is 356 g/mol. The van der Waals surface area contributed by atoms with Crippen LogP contribution in [0.4, 0.5) is 0 Å². The summed E-state index contributed by atoms with van der Waals surface area (Å²) in [6, 6.07) is 7.28. The molecule has 0 atom stereocenters. The van der Waals surface area contributed by atoms with Crippen molar-refractivity contribution >= 4 is 16.1 Å². The first-order valence-electron chi connectivity index (χ1n) is 8.16. The van der Waals surface area contributed by atoms with Gasteiger partial charge in [0.1, 0.15) is 5.75 Å². The standard InChI is InChI=1S/C17H24O6S/c1-24(20,21)22-13-5-6-14-7-9-15(10-8-14)23-17(16(18)19)11-3-2-4-12-17/h7-10H,2-6,11-13H2,1H3,(H,18,19). The van der Waals surface area contributed by atoms with Gasteiger partial charge in [0.2, 0.25) is 5.60 Å². The molecule has 0 heterocycles. The Bertz CT molecular complexity index is 644. The Morgan fingerprint density at radius 2 is 1.79 bits per heavy atom. The van der Waals surface area contributed by atoms with Crippen LogP contribution in [-0.4, -0.2) is 38.0 Å². The number of carboxylic acid groups (broad SMARTS) is 1. The lowest BCUT2D eigenvalue weighted by atomic mass is 9.84. The van der Waals surface area contributed by atoms with E-state index in [0.29, 0.717) is 31.4 Å². The molecule has 1 aliphatic rings. The average Bonchev–Trinajstić information content (AvgIpc) is 2.53. The fourth-order valence-corrected chi connectivity index (χ4v) is 3.34. The van der Waals surface area contributed by atoms with Crippen LogP contribution in [0.2, 0.25) is 0 Å². The molecule has 0 amide bonds. The third kappa shape index (κ3) is 5.49. The Kier molecular flexibility index (Phi) is 6.23. The third-order valence-electron chi connectivity index (χ3n) is 4.19. The van der Waals surface area contributed by atoms with Gasteiger partial charge in [-0.3, -0.25) is 4.18 Å². The maximum atomic E-state index is 11.6. The Balaban J connectivity index is 1.90. The minimum atomic E-state index is -3.39. The fourth-order valence-electron chi connectivity index (χ4n) is 2.92. The Labute approximate surface area is 142 Å². The molecule has 0 saturated heterocycles. The summed E-state index contributed by atoms with van der Waals surface area (Å²) in [5, 5.41) is 9.53. The van der Waals surface area contributed by atoms with Crippen LogP contribution >= 0.6 is 0 Å². The molecule has 0 aromatic heterocycles. The van der Waals surface area contributed by atoms with Crippen molar-refractivity contribution in [3.05, 3.63) is 29.8 Å². The Hall–Kier alpha value is -1.60. The Morgan fingerprint density at radius 3 is 2.33 bits per heavy atom. The molecule has 1 aromatic rings. The zero-order valence-corrected chi connectivity index (χ0v) is 14.7. The van der Waals surface area contributed by atoms with Gasteiger partial charge in [0, 0.05) is 0 Å². The van der Waals surface area contributed by atoms with Crippen LogP contribution in [0.15, 0.2) is 24.3 Å². The van der Waals surface area contributed by atoms with Crippen LogP contribution in [0.1, 0.15) is 44.1 Å². The number of aliphatic carboxylic acids is 1. The van der Waals surface area contributed by atoms with Gasteiger partial charge in [-0.1, -0.05) is 18.6 Å². The number of carbonyl (C=O) groups is 1. The maximum absolute atomic E-state index is 11.6. The zero-order chi connectivity index (χ0) is 17.6. The predicted molar refractivity (Wildman–Crippen MR) is 89.6 cm³/mol. The van der Waals surface area contributed by atoms with Gasteiger partial charge in [-0.2, -0.15) is 8.42 Å². The largest absolute Gasteiger partial charge is 0.478 e.